The van der Waals surface area contributed by atoms with Crippen molar-refractivity contribution in [3.63, 3.8) is 0 Å². The van der Waals surface area contributed by atoms with Crippen molar-refractivity contribution < 1.29 is 0 Å². The number of benzene rings is 1. The van der Waals surface area contributed by atoms with Gasteiger partial charge in [0.15, 0.2) is 0 Å². The molecule has 0 saturated carbocycles. The molecule has 0 heterocycles. The summed E-state index contributed by atoms with van der Waals surface area (Å²) in [5.74, 6) is 0. The van der Waals surface area contributed by atoms with Crippen molar-refractivity contribution in [2.75, 3.05) is 13.1 Å². The molecule has 1 heteroatoms. The Morgan fingerprint density at radius 1 is 1.06 bits per heavy atom. The van der Waals surface area contributed by atoms with Gasteiger partial charge in [0.05, 0.1) is 0 Å². The zero-order chi connectivity index (χ0) is 12.7. The minimum atomic E-state index is 0.464. The van der Waals surface area contributed by atoms with Crippen LogP contribution in [0.1, 0.15) is 46.1 Å². The van der Waals surface area contributed by atoms with Crippen LogP contribution in [0.3, 0.4) is 0 Å². The molecule has 0 saturated heterocycles. The lowest BCUT2D eigenvalue weighted by Crippen LogP contribution is -2.24. The highest BCUT2D eigenvalue weighted by atomic mass is 15.1. The van der Waals surface area contributed by atoms with Crippen molar-refractivity contribution in [1.82, 2.24) is 4.90 Å². The Hall–Kier alpha value is -0.820. The lowest BCUT2D eigenvalue weighted by Gasteiger charge is -2.23. The molecular formula is C16H27N. The molecule has 1 nitrogen and oxygen atoms in total. The minimum Gasteiger partial charge on any atom is -0.299 e. The van der Waals surface area contributed by atoms with E-state index in [1.54, 1.807) is 0 Å². The van der Waals surface area contributed by atoms with E-state index < -0.39 is 0 Å². The van der Waals surface area contributed by atoms with Crippen molar-refractivity contribution in [3.8, 4) is 0 Å². The maximum atomic E-state index is 2.53. The fraction of sp³-hybridized carbons (Fsp3) is 0.625. The lowest BCUT2D eigenvalue weighted by atomic mass is 9.90. The van der Waals surface area contributed by atoms with Gasteiger partial charge in [-0.3, -0.25) is 4.90 Å². The summed E-state index contributed by atoms with van der Waals surface area (Å²) in [6.07, 6.45) is 2.60. The SMILES string of the molecule is CCN(CCCC(C)(C)C)Cc1ccccc1. The first-order chi connectivity index (χ1) is 8.01. The van der Waals surface area contributed by atoms with Crippen molar-refractivity contribution in [1.29, 1.82) is 0 Å². The molecule has 0 aliphatic rings. The maximum Gasteiger partial charge on any atom is 0.0233 e. The third-order valence-electron chi connectivity index (χ3n) is 3.10. The highest BCUT2D eigenvalue weighted by Crippen LogP contribution is 2.20. The summed E-state index contributed by atoms with van der Waals surface area (Å²) in [6.45, 7) is 12.6. The van der Waals surface area contributed by atoms with Crippen molar-refractivity contribution >= 4 is 0 Å². The van der Waals surface area contributed by atoms with Gasteiger partial charge < -0.3 is 0 Å². The van der Waals surface area contributed by atoms with Gasteiger partial charge in [-0.25, -0.2) is 0 Å². The van der Waals surface area contributed by atoms with Crippen LogP contribution in [0.2, 0.25) is 0 Å². The highest BCUT2D eigenvalue weighted by molar-refractivity contribution is 5.14. The molecule has 1 rings (SSSR count). The molecular weight excluding hydrogens is 206 g/mol. The number of hydrogen-bond donors (Lipinski definition) is 0. The first-order valence-electron chi connectivity index (χ1n) is 6.77. The maximum absolute atomic E-state index is 2.53. The lowest BCUT2D eigenvalue weighted by molar-refractivity contribution is 0.251. The van der Waals surface area contributed by atoms with Crippen LogP contribution in [-0.4, -0.2) is 18.0 Å². The monoisotopic (exact) mass is 233 g/mol. The topological polar surface area (TPSA) is 3.24 Å². The number of rotatable bonds is 6. The Morgan fingerprint density at radius 2 is 1.71 bits per heavy atom. The van der Waals surface area contributed by atoms with E-state index >= 15 is 0 Å². The van der Waals surface area contributed by atoms with Crippen LogP contribution >= 0.6 is 0 Å². The van der Waals surface area contributed by atoms with Gasteiger partial charge in [-0.1, -0.05) is 58.0 Å². The molecule has 0 atom stereocenters. The predicted molar refractivity (Wildman–Crippen MR) is 76.1 cm³/mol. The van der Waals surface area contributed by atoms with Gasteiger partial charge in [-0.2, -0.15) is 0 Å². The third-order valence-corrected chi connectivity index (χ3v) is 3.10. The molecule has 0 amide bonds. The molecule has 96 valence electrons. The highest BCUT2D eigenvalue weighted by Gasteiger charge is 2.10. The van der Waals surface area contributed by atoms with Crippen LogP contribution in [0.4, 0.5) is 0 Å². The summed E-state index contributed by atoms with van der Waals surface area (Å²) in [5.41, 5.74) is 1.89. The Morgan fingerprint density at radius 3 is 2.24 bits per heavy atom. The van der Waals surface area contributed by atoms with E-state index in [4.69, 9.17) is 0 Å². The van der Waals surface area contributed by atoms with Crippen molar-refractivity contribution in [3.05, 3.63) is 35.9 Å². The third kappa shape index (κ3) is 6.48. The van der Waals surface area contributed by atoms with E-state index in [2.05, 4.69) is 62.9 Å². The fourth-order valence-corrected chi connectivity index (χ4v) is 2.02. The second kappa shape index (κ2) is 6.80. The molecule has 0 aliphatic carbocycles. The summed E-state index contributed by atoms with van der Waals surface area (Å²) in [4.78, 5) is 2.53. The van der Waals surface area contributed by atoms with E-state index in [9.17, 15) is 0 Å². The van der Waals surface area contributed by atoms with Gasteiger partial charge in [0, 0.05) is 6.54 Å². The molecule has 0 fully saturated rings. The molecule has 0 spiro atoms. The predicted octanol–water partition coefficient (Wildman–Crippen LogP) is 4.33. The van der Waals surface area contributed by atoms with Gasteiger partial charge >= 0.3 is 0 Å². The molecule has 1 aromatic carbocycles. The Bertz CT molecular complexity index is 297. The largest absolute Gasteiger partial charge is 0.299 e. The molecule has 0 bridgehead atoms. The summed E-state index contributed by atoms with van der Waals surface area (Å²) in [6, 6.07) is 10.8. The van der Waals surface area contributed by atoms with E-state index in [-0.39, 0.29) is 0 Å². The van der Waals surface area contributed by atoms with Crippen molar-refractivity contribution in [2.24, 2.45) is 5.41 Å². The van der Waals surface area contributed by atoms with Gasteiger partial charge in [0.25, 0.3) is 0 Å². The Labute approximate surface area is 107 Å². The molecule has 0 N–H and O–H groups in total. The van der Waals surface area contributed by atoms with E-state index in [1.807, 2.05) is 0 Å². The smallest absolute Gasteiger partial charge is 0.0233 e. The summed E-state index contributed by atoms with van der Waals surface area (Å²) in [7, 11) is 0. The van der Waals surface area contributed by atoms with Crippen LogP contribution in [0.5, 0.6) is 0 Å². The normalized spacial score (nSPS) is 12.1. The Kier molecular flexibility index (Phi) is 5.70. The summed E-state index contributed by atoms with van der Waals surface area (Å²) in [5, 5.41) is 0. The van der Waals surface area contributed by atoms with Gasteiger partial charge in [0.2, 0.25) is 0 Å². The average Bonchev–Trinajstić information content (AvgIpc) is 2.27. The van der Waals surface area contributed by atoms with Crippen molar-refractivity contribution in [2.45, 2.75) is 47.1 Å². The molecule has 0 radical (unpaired) electrons. The van der Waals surface area contributed by atoms with Gasteiger partial charge in [0.1, 0.15) is 0 Å². The second-order valence-electron chi connectivity index (χ2n) is 6.02. The van der Waals surface area contributed by atoms with Crippen LogP contribution in [0.15, 0.2) is 30.3 Å². The van der Waals surface area contributed by atoms with E-state index in [0.29, 0.717) is 5.41 Å². The molecule has 0 aliphatic heterocycles. The number of nitrogens with zero attached hydrogens (tertiary/aromatic N) is 1. The molecule has 1 aromatic rings. The van der Waals surface area contributed by atoms with Crippen LogP contribution in [-0.2, 0) is 6.54 Å². The molecule has 17 heavy (non-hydrogen) atoms. The van der Waals surface area contributed by atoms with E-state index in [1.165, 1.54) is 24.9 Å². The quantitative estimate of drug-likeness (QED) is 0.706. The first-order valence-corrected chi connectivity index (χ1v) is 6.77. The minimum absolute atomic E-state index is 0.464. The number of hydrogen-bond acceptors (Lipinski definition) is 1. The van der Waals surface area contributed by atoms with Gasteiger partial charge in [-0.15, -0.1) is 0 Å². The molecule has 0 unspecified atom stereocenters. The Balaban J connectivity index is 2.34. The zero-order valence-electron chi connectivity index (χ0n) is 11.9. The summed E-state index contributed by atoms with van der Waals surface area (Å²) >= 11 is 0. The van der Waals surface area contributed by atoms with Crippen LogP contribution in [0.25, 0.3) is 0 Å². The zero-order valence-corrected chi connectivity index (χ0v) is 11.9. The van der Waals surface area contributed by atoms with E-state index in [0.717, 1.165) is 13.1 Å². The van der Waals surface area contributed by atoms with Crippen LogP contribution in [0, 0.1) is 5.41 Å². The molecule has 0 aromatic heterocycles. The van der Waals surface area contributed by atoms with Crippen LogP contribution < -0.4 is 0 Å². The fourth-order valence-electron chi connectivity index (χ4n) is 2.02. The summed E-state index contributed by atoms with van der Waals surface area (Å²) < 4.78 is 0. The first kappa shape index (κ1) is 14.2. The van der Waals surface area contributed by atoms with Gasteiger partial charge in [-0.05, 0) is 36.9 Å². The average molecular weight is 233 g/mol. The second-order valence-corrected chi connectivity index (χ2v) is 6.02. The standard InChI is InChI=1S/C16H27N/c1-5-17(13-9-12-16(2,3)4)14-15-10-7-6-8-11-15/h6-8,10-11H,5,9,12-14H2,1-4H3.